The number of benzene rings is 1. The summed E-state index contributed by atoms with van der Waals surface area (Å²) in [4.78, 5) is 0. The van der Waals surface area contributed by atoms with E-state index < -0.39 is 24.6 Å². The SMILES string of the molecule is CC12CCC3c4ccc(OCCNCCCS)cc4CCC3C1CCC2OCCCOC(C)(C(F)(F)F)C(F)(F)F. The molecule has 2 fully saturated rings. The lowest BCUT2D eigenvalue weighted by molar-refractivity contribution is -0.374. The second kappa shape index (κ2) is 13.2. The third-order valence-corrected chi connectivity index (χ3v) is 10.1. The first-order valence-electron chi connectivity index (χ1n) is 14.8. The summed E-state index contributed by atoms with van der Waals surface area (Å²) in [6.45, 7) is 4.04. The van der Waals surface area contributed by atoms with Gasteiger partial charge in [0, 0.05) is 13.2 Å². The van der Waals surface area contributed by atoms with Gasteiger partial charge in [-0.2, -0.15) is 39.0 Å². The number of fused-ring (bicyclic) bond motifs is 5. The lowest BCUT2D eigenvalue weighted by Gasteiger charge is -2.50. The molecular weight excluding hydrogens is 568 g/mol. The molecule has 1 N–H and O–H groups in total. The van der Waals surface area contributed by atoms with Crippen LogP contribution in [0.5, 0.6) is 5.75 Å². The second-order valence-corrected chi connectivity index (χ2v) is 12.6. The molecule has 0 amide bonds. The Morgan fingerprint density at radius 2 is 1.71 bits per heavy atom. The molecule has 0 radical (unpaired) electrons. The van der Waals surface area contributed by atoms with Gasteiger partial charge in [0.25, 0.3) is 5.60 Å². The molecule has 0 saturated heterocycles. The van der Waals surface area contributed by atoms with E-state index in [4.69, 9.17) is 9.47 Å². The van der Waals surface area contributed by atoms with Crippen molar-refractivity contribution in [2.45, 2.75) is 95.2 Å². The molecule has 0 aromatic heterocycles. The van der Waals surface area contributed by atoms with Crippen LogP contribution in [0.4, 0.5) is 26.3 Å². The van der Waals surface area contributed by atoms with Crippen LogP contribution >= 0.6 is 12.6 Å². The number of aryl methyl sites for hydroxylation is 1. The summed E-state index contributed by atoms with van der Waals surface area (Å²) in [5.74, 6) is 3.28. The van der Waals surface area contributed by atoms with Gasteiger partial charge in [0.2, 0.25) is 0 Å². The fourth-order valence-corrected chi connectivity index (χ4v) is 7.49. The van der Waals surface area contributed by atoms with Gasteiger partial charge in [-0.05, 0) is 117 Å². The van der Waals surface area contributed by atoms with Crippen molar-refractivity contribution < 1.29 is 40.6 Å². The van der Waals surface area contributed by atoms with E-state index in [1.165, 1.54) is 11.1 Å². The monoisotopic (exact) mass is 611 g/mol. The van der Waals surface area contributed by atoms with E-state index in [9.17, 15) is 26.3 Å². The highest BCUT2D eigenvalue weighted by molar-refractivity contribution is 7.80. The van der Waals surface area contributed by atoms with Crippen molar-refractivity contribution in [2.24, 2.45) is 17.3 Å². The predicted molar refractivity (Wildman–Crippen MR) is 149 cm³/mol. The van der Waals surface area contributed by atoms with Crippen LogP contribution in [0.3, 0.4) is 0 Å². The van der Waals surface area contributed by atoms with Gasteiger partial charge in [-0.15, -0.1) is 0 Å². The van der Waals surface area contributed by atoms with Crippen molar-refractivity contribution in [2.75, 3.05) is 38.7 Å². The average molecular weight is 612 g/mol. The van der Waals surface area contributed by atoms with E-state index in [1.54, 1.807) is 0 Å². The zero-order valence-corrected chi connectivity index (χ0v) is 24.8. The van der Waals surface area contributed by atoms with Crippen molar-refractivity contribution in [3.05, 3.63) is 29.3 Å². The normalized spacial score (nSPS) is 28.2. The molecule has 4 rings (SSSR count). The molecule has 1 aromatic carbocycles. The largest absolute Gasteiger partial charge is 0.492 e. The Balaban J connectivity index is 1.28. The van der Waals surface area contributed by atoms with E-state index >= 15 is 0 Å². The molecule has 0 aliphatic heterocycles. The molecule has 0 heterocycles. The number of thiol groups is 1. The fraction of sp³-hybridized carbons (Fsp3) is 0.800. The Kier molecular flexibility index (Phi) is 10.6. The van der Waals surface area contributed by atoms with Crippen LogP contribution in [0, 0.1) is 17.3 Å². The molecule has 11 heteroatoms. The van der Waals surface area contributed by atoms with Crippen LogP contribution in [0.15, 0.2) is 18.2 Å². The van der Waals surface area contributed by atoms with Gasteiger partial charge in [-0.1, -0.05) is 13.0 Å². The molecule has 41 heavy (non-hydrogen) atoms. The highest BCUT2D eigenvalue weighted by Gasteiger charge is 2.69. The fourth-order valence-electron chi connectivity index (χ4n) is 7.33. The van der Waals surface area contributed by atoms with E-state index in [2.05, 4.69) is 47.8 Å². The van der Waals surface area contributed by atoms with Crippen molar-refractivity contribution in [3.63, 3.8) is 0 Å². The lowest BCUT2D eigenvalue weighted by atomic mass is 9.55. The Bertz CT molecular complexity index is 991. The maximum Gasteiger partial charge on any atom is 0.426 e. The molecule has 1 aromatic rings. The maximum absolute atomic E-state index is 13.0. The first-order valence-corrected chi connectivity index (χ1v) is 15.4. The summed E-state index contributed by atoms with van der Waals surface area (Å²) in [5.41, 5.74) is -1.45. The Morgan fingerprint density at radius 1 is 0.951 bits per heavy atom. The van der Waals surface area contributed by atoms with Crippen molar-refractivity contribution >= 4 is 12.6 Å². The first-order chi connectivity index (χ1) is 19.3. The third kappa shape index (κ3) is 6.99. The summed E-state index contributed by atoms with van der Waals surface area (Å²) >= 11 is 4.21. The van der Waals surface area contributed by atoms with Crippen LogP contribution in [-0.2, 0) is 15.9 Å². The minimum atomic E-state index is -5.55. The topological polar surface area (TPSA) is 39.7 Å². The van der Waals surface area contributed by atoms with Crippen LogP contribution in [0.2, 0.25) is 0 Å². The lowest BCUT2D eigenvalue weighted by Crippen LogP contribution is -2.56. The van der Waals surface area contributed by atoms with E-state index in [1.807, 2.05) is 0 Å². The number of hydrogen-bond acceptors (Lipinski definition) is 5. The Hall–Kier alpha value is -1.17. The Labute approximate surface area is 244 Å². The average Bonchev–Trinajstić information content (AvgIpc) is 3.25. The van der Waals surface area contributed by atoms with Crippen LogP contribution in [0.25, 0.3) is 0 Å². The van der Waals surface area contributed by atoms with Gasteiger partial charge in [0.15, 0.2) is 0 Å². The number of nitrogens with one attached hydrogen (secondary N) is 1. The standard InChI is InChI=1S/C30H43F6NO3S/c1-27-12-11-23-22-8-6-21(38-17-14-37-13-3-18-41)19-20(22)5-7-24(23)25(27)9-10-26(27)39-15-4-16-40-28(2,29(31,32)33)30(34,35)36/h6,8,19,23-26,37,41H,3-5,7,9-18H2,1-2H3. The summed E-state index contributed by atoms with van der Waals surface area (Å²) < 4.78 is 94.8. The maximum atomic E-state index is 13.0. The van der Waals surface area contributed by atoms with Crippen LogP contribution in [0.1, 0.15) is 75.8 Å². The molecule has 5 unspecified atom stereocenters. The molecule has 5 atom stereocenters. The summed E-state index contributed by atoms with van der Waals surface area (Å²) in [6, 6.07) is 6.50. The predicted octanol–water partition coefficient (Wildman–Crippen LogP) is 7.51. The first kappa shape index (κ1) is 32.7. The number of alkyl halides is 6. The zero-order chi connectivity index (χ0) is 29.9. The van der Waals surface area contributed by atoms with Crippen molar-refractivity contribution in [3.8, 4) is 5.75 Å². The highest BCUT2D eigenvalue weighted by Crippen LogP contribution is 2.61. The summed E-state index contributed by atoms with van der Waals surface area (Å²) in [6.07, 6.45) is -4.15. The quantitative estimate of drug-likeness (QED) is 0.138. The summed E-state index contributed by atoms with van der Waals surface area (Å²) in [7, 11) is 0. The van der Waals surface area contributed by atoms with Crippen molar-refractivity contribution in [1.82, 2.24) is 5.32 Å². The van der Waals surface area contributed by atoms with Gasteiger partial charge in [0.05, 0.1) is 12.7 Å². The van der Waals surface area contributed by atoms with Crippen LogP contribution in [-0.4, -0.2) is 62.7 Å². The number of hydrogen-bond donors (Lipinski definition) is 2. The van der Waals surface area contributed by atoms with Gasteiger partial charge >= 0.3 is 12.4 Å². The third-order valence-electron chi connectivity index (χ3n) is 9.75. The Morgan fingerprint density at radius 3 is 2.41 bits per heavy atom. The molecule has 234 valence electrons. The molecule has 2 saturated carbocycles. The minimum absolute atomic E-state index is 0.0332. The van der Waals surface area contributed by atoms with E-state index in [-0.39, 0.29) is 31.5 Å². The number of halogens is 6. The molecule has 3 aliphatic rings. The molecule has 0 spiro atoms. The van der Waals surface area contributed by atoms with Gasteiger partial charge in [-0.3, -0.25) is 0 Å². The molecule has 0 bridgehead atoms. The molecule has 4 nitrogen and oxygen atoms in total. The smallest absolute Gasteiger partial charge is 0.426 e. The second-order valence-electron chi connectivity index (χ2n) is 12.2. The molecular formula is C30H43F6NO3S. The number of rotatable bonds is 13. The van der Waals surface area contributed by atoms with E-state index in [0.29, 0.717) is 24.4 Å². The molecule has 3 aliphatic carbocycles. The van der Waals surface area contributed by atoms with E-state index in [0.717, 1.165) is 69.5 Å². The van der Waals surface area contributed by atoms with Gasteiger partial charge in [0.1, 0.15) is 12.4 Å². The van der Waals surface area contributed by atoms with Gasteiger partial charge < -0.3 is 19.5 Å². The zero-order valence-electron chi connectivity index (χ0n) is 23.9. The van der Waals surface area contributed by atoms with Gasteiger partial charge in [-0.25, -0.2) is 0 Å². The highest BCUT2D eigenvalue weighted by atomic mass is 32.1. The minimum Gasteiger partial charge on any atom is -0.492 e. The van der Waals surface area contributed by atoms with Crippen molar-refractivity contribution in [1.29, 1.82) is 0 Å². The van der Waals surface area contributed by atoms with Crippen LogP contribution < -0.4 is 10.1 Å². The summed E-state index contributed by atoms with van der Waals surface area (Å²) in [5, 5.41) is 3.35. The number of ether oxygens (including phenoxy) is 3.